The third-order valence-electron chi connectivity index (χ3n) is 7.50. The summed E-state index contributed by atoms with van der Waals surface area (Å²) in [6.45, 7) is 0.326. The van der Waals surface area contributed by atoms with Crippen LogP contribution < -0.4 is 4.74 Å². The van der Waals surface area contributed by atoms with E-state index in [2.05, 4.69) is 11.5 Å². The second-order valence-corrected chi connectivity index (χ2v) is 10.8. The van der Waals surface area contributed by atoms with Crippen molar-refractivity contribution < 1.29 is 26.7 Å². The molecule has 0 N–H and O–H groups in total. The van der Waals surface area contributed by atoms with E-state index in [1.807, 2.05) is 65.6 Å². The highest BCUT2D eigenvalue weighted by molar-refractivity contribution is 5.68. The Kier molecular flexibility index (Phi) is 10.3. The molecule has 1 aromatic heterocycles. The normalized spacial score (nSPS) is 11.8. The largest absolute Gasteiger partial charge is 0.434 e. The van der Waals surface area contributed by atoms with E-state index in [1.54, 1.807) is 24.3 Å². The Hall–Kier alpha value is -4.50. The molecule has 0 aliphatic heterocycles. The number of benzene rings is 4. The van der Waals surface area contributed by atoms with Gasteiger partial charge >= 0.3 is 12.8 Å². The van der Waals surface area contributed by atoms with Crippen LogP contribution in [0.4, 0.5) is 22.0 Å². The predicted octanol–water partition coefficient (Wildman–Crippen LogP) is 9.84. The lowest BCUT2D eigenvalue weighted by Gasteiger charge is -2.26. The number of unbranched alkanes of at least 4 members (excludes halogenated alkanes) is 1. The Labute approximate surface area is 259 Å². The molecule has 0 aliphatic rings. The number of alkyl halides is 5. The van der Waals surface area contributed by atoms with Gasteiger partial charge in [-0.05, 0) is 24.1 Å². The molecule has 9 heteroatoms. The summed E-state index contributed by atoms with van der Waals surface area (Å²) in [5.74, 6) is 0.813. The number of rotatable bonds is 13. The summed E-state index contributed by atoms with van der Waals surface area (Å²) in [6, 6.07) is 31.3. The zero-order valence-corrected chi connectivity index (χ0v) is 24.9. The maximum atomic E-state index is 13.6. The fourth-order valence-corrected chi connectivity index (χ4v) is 5.41. The van der Waals surface area contributed by atoms with Crippen molar-refractivity contribution in [1.29, 1.82) is 0 Å². The Morgan fingerprint density at radius 3 is 2.11 bits per heavy atom. The Morgan fingerprint density at radius 2 is 1.44 bits per heavy atom. The van der Waals surface area contributed by atoms with Crippen molar-refractivity contribution in [3.63, 3.8) is 0 Å². The maximum Gasteiger partial charge on any atom is 0.416 e. The van der Waals surface area contributed by atoms with Gasteiger partial charge in [0.05, 0.1) is 17.0 Å². The topological polar surface area (TPSA) is 30.3 Å². The molecule has 0 unspecified atom stereocenters. The number of hydrogen-bond donors (Lipinski definition) is 0. The minimum absolute atomic E-state index is 0.0225. The molecule has 0 fully saturated rings. The van der Waals surface area contributed by atoms with Gasteiger partial charge in [-0.25, -0.2) is 4.98 Å². The minimum atomic E-state index is -4.50. The molecule has 45 heavy (non-hydrogen) atoms. The third kappa shape index (κ3) is 8.16. The smallest absolute Gasteiger partial charge is 0.416 e. The lowest BCUT2D eigenvalue weighted by atomic mass is 10.1. The van der Waals surface area contributed by atoms with Gasteiger partial charge in [-0.1, -0.05) is 110 Å². The summed E-state index contributed by atoms with van der Waals surface area (Å²) in [4.78, 5) is 7.09. The number of aromatic nitrogens is 2. The average molecular weight is 620 g/mol. The minimum Gasteiger partial charge on any atom is -0.434 e. The molecular weight excluding hydrogens is 585 g/mol. The molecule has 0 radical (unpaired) electrons. The van der Waals surface area contributed by atoms with Crippen LogP contribution in [0.15, 0.2) is 109 Å². The summed E-state index contributed by atoms with van der Waals surface area (Å²) in [7, 11) is 0. The standard InChI is InChI=1S/C36H34F5N3O/c1-2-3-21-44-31(33(27-14-6-4-7-15-27)42-34(44)28-16-8-5-9-17-28)25-43(23-26-13-12-19-30(22-26)36(39,40)41)24-29-18-10-11-20-32(29)45-35(37)38/h4-20,22,35H,2-3,21,23-25H2,1H3. The molecule has 234 valence electrons. The highest BCUT2D eigenvalue weighted by Gasteiger charge is 2.31. The monoisotopic (exact) mass is 619 g/mol. The molecule has 0 saturated carbocycles. The van der Waals surface area contributed by atoms with E-state index in [9.17, 15) is 22.0 Å². The molecule has 0 saturated heterocycles. The third-order valence-corrected chi connectivity index (χ3v) is 7.50. The molecule has 0 bridgehead atoms. The van der Waals surface area contributed by atoms with Crippen LogP contribution >= 0.6 is 0 Å². The van der Waals surface area contributed by atoms with Gasteiger partial charge in [0.1, 0.15) is 11.6 Å². The predicted molar refractivity (Wildman–Crippen MR) is 165 cm³/mol. The second kappa shape index (κ2) is 14.5. The first-order valence-electron chi connectivity index (χ1n) is 14.8. The van der Waals surface area contributed by atoms with Crippen LogP contribution in [-0.2, 0) is 32.4 Å². The van der Waals surface area contributed by atoms with Crippen molar-refractivity contribution in [1.82, 2.24) is 14.5 Å². The molecule has 0 amide bonds. The number of nitrogens with zero attached hydrogens (tertiary/aromatic N) is 3. The van der Waals surface area contributed by atoms with Gasteiger partial charge in [0.2, 0.25) is 0 Å². The number of halogens is 5. The van der Waals surface area contributed by atoms with Crippen LogP contribution in [0.25, 0.3) is 22.6 Å². The van der Waals surface area contributed by atoms with E-state index in [4.69, 9.17) is 9.72 Å². The van der Waals surface area contributed by atoms with Gasteiger partial charge in [-0.15, -0.1) is 0 Å². The van der Waals surface area contributed by atoms with E-state index in [-0.39, 0.29) is 25.4 Å². The molecule has 4 nitrogen and oxygen atoms in total. The zero-order valence-electron chi connectivity index (χ0n) is 24.9. The van der Waals surface area contributed by atoms with E-state index >= 15 is 0 Å². The van der Waals surface area contributed by atoms with Crippen LogP contribution in [0.2, 0.25) is 0 Å². The quantitative estimate of drug-likeness (QED) is 0.123. The van der Waals surface area contributed by atoms with Crippen LogP contribution in [0.1, 0.15) is 42.1 Å². The SMILES string of the molecule is CCCCn1c(-c2ccccc2)nc(-c2ccccc2)c1CN(Cc1cccc(C(F)(F)F)c1)Cc1ccccc1OC(F)F. The van der Waals surface area contributed by atoms with Crippen LogP contribution in [0, 0.1) is 0 Å². The van der Waals surface area contributed by atoms with Crippen molar-refractivity contribution >= 4 is 0 Å². The molecule has 0 aliphatic carbocycles. The van der Waals surface area contributed by atoms with Crippen molar-refractivity contribution in [2.45, 2.75) is 58.7 Å². The summed E-state index contributed by atoms with van der Waals surface area (Å²) in [5, 5.41) is 0. The molecule has 0 spiro atoms. The van der Waals surface area contributed by atoms with Crippen LogP contribution in [0.5, 0.6) is 5.75 Å². The Balaban J connectivity index is 1.63. The zero-order chi connectivity index (χ0) is 31.8. The first-order chi connectivity index (χ1) is 21.7. The van der Waals surface area contributed by atoms with Crippen LogP contribution in [0.3, 0.4) is 0 Å². The molecule has 5 aromatic rings. The highest BCUT2D eigenvalue weighted by atomic mass is 19.4. The molecular formula is C36H34F5N3O. The van der Waals surface area contributed by atoms with Crippen molar-refractivity contribution in [2.75, 3.05) is 0 Å². The lowest BCUT2D eigenvalue weighted by Crippen LogP contribution is -2.25. The number of hydrogen-bond acceptors (Lipinski definition) is 3. The van der Waals surface area contributed by atoms with Crippen molar-refractivity contribution in [3.05, 3.63) is 132 Å². The summed E-state index contributed by atoms with van der Waals surface area (Å²) in [6.07, 6.45) is -2.67. The van der Waals surface area contributed by atoms with E-state index in [0.29, 0.717) is 17.7 Å². The maximum absolute atomic E-state index is 13.6. The van der Waals surface area contributed by atoms with Gasteiger partial charge in [0.25, 0.3) is 0 Å². The highest BCUT2D eigenvalue weighted by Crippen LogP contribution is 2.34. The van der Waals surface area contributed by atoms with Crippen molar-refractivity contribution in [2.24, 2.45) is 0 Å². The fraction of sp³-hybridized carbons (Fsp3) is 0.250. The average Bonchev–Trinajstić information content (AvgIpc) is 3.39. The molecule has 1 heterocycles. The van der Waals surface area contributed by atoms with Gasteiger partial charge in [-0.2, -0.15) is 22.0 Å². The van der Waals surface area contributed by atoms with E-state index < -0.39 is 18.4 Å². The first-order valence-corrected chi connectivity index (χ1v) is 14.8. The summed E-state index contributed by atoms with van der Waals surface area (Å²) in [5.41, 5.74) is 3.68. The Morgan fingerprint density at radius 1 is 0.778 bits per heavy atom. The van der Waals surface area contributed by atoms with Gasteiger partial charge in [0, 0.05) is 42.9 Å². The van der Waals surface area contributed by atoms with Gasteiger partial charge in [0.15, 0.2) is 0 Å². The van der Waals surface area contributed by atoms with Crippen molar-refractivity contribution in [3.8, 4) is 28.4 Å². The number of imidazole rings is 1. The van der Waals surface area contributed by atoms with E-state index in [0.717, 1.165) is 53.3 Å². The fourth-order valence-electron chi connectivity index (χ4n) is 5.41. The summed E-state index contributed by atoms with van der Waals surface area (Å²) >= 11 is 0. The first kappa shape index (κ1) is 31.9. The Bertz CT molecular complexity index is 1670. The number of para-hydroxylation sites is 1. The van der Waals surface area contributed by atoms with E-state index in [1.165, 1.54) is 12.1 Å². The molecule has 5 rings (SSSR count). The molecule has 4 aromatic carbocycles. The van der Waals surface area contributed by atoms with Crippen LogP contribution in [-0.4, -0.2) is 21.1 Å². The van der Waals surface area contributed by atoms with Gasteiger partial charge in [-0.3, -0.25) is 4.90 Å². The molecule has 0 atom stereocenters. The number of ether oxygens (including phenoxy) is 1. The summed E-state index contributed by atoms with van der Waals surface area (Å²) < 4.78 is 74.5. The second-order valence-electron chi connectivity index (χ2n) is 10.8. The lowest BCUT2D eigenvalue weighted by molar-refractivity contribution is -0.137. The van der Waals surface area contributed by atoms with Gasteiger partial charge < -0.3 is 9.30 Å².